The first-order valence-electron chi connectivity index (χ1n) is 8.52. The Kier molecular flexibility index (Phi) is 7.48. The van der Waals surface area contributed by atoms with E-state index in [0.717, 1.165) is 11.1 Å². The molecule has 148 valence electrons. The number of hydrogen-bond donors (Lipinski definition) is 2. The van der Waals surface area contributed by atoms with E-state index in [1.165, 1.54) is 30.3 Å². The van der Waals surface area contributed by atoms with Crippen LogP contribution in [0.2, 0.25) is 0 Å². The Bertz CT molecular complexity index is 953. The second-order valence-corrected chi connectivity index (χ2v) is 7.71. The molecule has 8 heteroatoms. The number of carbonyl (C=O) groups is 2. The van der Waals surface area contributed by atoms with Crippen LogP contribution in [0.25, 0.3) is 0 Å². The molecule has 7 nitrogen and oxygen atoms in total. The number of nitrogens with one attached hydrogen (secondary N) is 2. The number of hydrogen-bond acceptors (Lipinski definition) is 5. The standard InChI is InChI=1S/C20H22N2O5S/c1-3-12-22-28(25,26)18-10-8-16(9-11-18)20(24)27-14-19(23)21-13-17-7-5-4-6-15(17)2/h3-11,22H,1,12-14H2,2H3,(H,21,23). The van der Waals surface area contributed by atoms with E-state index in [-0.39, 0.29) is 17.0 Å². The minimum Gasteiger partial charge on any atom is -0.452 e. The summed E-state index contributed by atoms with van der Waals surface area (Å²) in [6.07, 6.45) is 1.42. The molecular formula is C20H22N2O5S. The third-order valence-corrected chi connectivity index (χ3v) is 5.33. The van der Waals surface area contributed by atoms with Gasteiger partial charge in [-0.05, 0) is 42.3 Å². The van der Waals surface area contributed by atoms with Gasteiger partial charge in [0.2, 0.25) is 10.0 Å². The van der Waals surface area contributed by atoms with Crippen LogP contribution < -0.4 is 10.0 Å². The van der Waals surface area contributed by atoms with Gasteiger partial charge in [0, 0.05) is 13.1 Å². The van der Waals surface area contributed by atoms with Gasteiger partial charge in [0.05, 0.1) is 10.5 Å². The fraction of sp³-hybridized carbons (Fsp3) is 0.200. The average Bonchev–Trinajstić information content (AvgIpc) is 2.70. The highest BCUT2D eigenvalue weighted by atomic mass is 32.2. The van der Waals surface area contributed by atoms with E-state index in [1.54, 1.807) is 0 Å². The third-order valence-electron chi connectivity index (χ3n) is 3.89. The van der Waals surface area contributed by atoms with Crippen LogP contribution in [0.5, 0.6) is 0 Å². The molecule has 0 aliphatic rings. The van der Waals surface area contributed by atoms with Crippen molar-refractivity contribution >= 4 is 21.9 Å². The summed E-state index contributed by atoms with van der Waals surface area (Å²) in [5, 5.41) is 2.68. The quantitative estimate of drug-likeness (QED) is 0.493. The lowest BCUT2D eigenvalue weighted by Gasteiger charge is -2.09. The van der Waals surface area contributed by atoms with Crippen LogP contribution in [0.4, 0.5) is 0 Å². The van der Waals surface area contributed by atoms with Gasteiger partial charge < -0.3 is 10.1 Å². The summed E-state index contributed by atoms with van der Waals surface area (Å²) >= 11 is 0. The molecule has 0 saturated carbocycles. The number of esters is 1. The highest BCUT2D eigenvalue weighted by Gasteiger charge is 2.15. The number of rotatable bonds is 9. The normalized spacial score (nSPS) is 10.9. The smallest absolute Gasteiger partial charge is 0.338 e. The van der Waals surface area contributed by atoms with Gasteiger partial charge in [-0.3, -0.25) is 4.79 Å². The number of carbonyl (C=O) groups excluding carboxylic acids is 2. The summed E-state index contributed by atoms with van der Waals surface area (Å²) in [5.74, 6) is -1.14. The van der Waals surface area contributed by atoms with E-state index < -0.39 is 28.5 Å². The highest BCUT2D eigenvalue weighted by Crippen LogP contribution is 2.11. The number of benzene rings is 2. The van der Waals surface area contributed by atoms with Crippen LogP contribution in [0, 0.1) is 6.92 Å². The fourth-order valence-electron chi connectivity index (χ4n) is 2.29. The van der Waals surface area contributed by atoms with E-state index in [0.29, 0.717) is 6.54 Å². The number of sulfonamides is 1. The summed E-state index contributed by atoms with van der Waals surface area (Å²) in [4.78, 5) is 23.9. The molecule has 0 spiro atoms. The first-order chi connectivity index (χ1) is 13.3. The summed E-state index contributed by atoms with van der Waals surface area (Å²) in [7, 11) is -3.67. The molecule has 0 atom stereocenters. The SMILES string of the molecule is C=CCNS(=O)(=O)c1ccc(C(=O)OCC(=O)NCc2ccccc2C)cc1. The largest absolute Gasteiger partial charge is 0.452 e. The Labute approximate surface area is 164 Å². The molecule has 0 aliphatic heterocycles. The van der Waals surface area contributed by atoms with Gasteiger partial charge in [-0.1, -0.05) is 30.3 Å². The van der Waals surface area contributed by atoms with Crippen molar-refractivity contribution in [3.63, 3.8) is 0 Å². The number of amides is 1. The van der Waals surface area contributed by atoms with E-state index in [1.807, 2.05) is 31.2 Å². The topological polar surface area (TPSA) is 102 Å². The molecular weight excluding hydrogens is 380 g/mol. The predicted molar refractivity (Wildman–Crippen MR) is 105 cm³/mol. The molecule has 2 aromatic rings. The Morgan fingerprint density at radius 1 is 1.11 bits per heavy atom. The van der Waals surface area contributed by atoms with Crippen molar-refractivity contribution in [3.05, 3.63) is 77.9 Å². The molecule has 0 aromatic heterocycles. The lowest BCUT2D eigenvalue weighted by atomic mass is 10.1. The molecule has 0 heterocycles. The fourth-order valence-corrected chi connectivity index (χ4v) is 3.29. The summed E-state index contributed by atoms with van der Waals surface area (Å²) < 4.78 is 31.2. The van der Waals surface area contributed by atoms with Crippen molar-refractivity contribution in [2.45, 2.75) is 18.4 Å². The van der Waals surface area contributed by atoms with Crippen LogP contribution in [0.1, 0.15) is 21.5 Å². The number of aryl methyl sites for hydroxylation is 1. The monoisotopic (exact) mass is 402 g/mol. The average molecular weight is 402 g/mol. The van der Waals surface area contributed by atoms with Gasteiger partial charge >= 0.3 is 5.97 Å². The van der Waals surface area contributed by atoms with E-state index in [4.69, 9.17) is 4.74 Å². The van der Waals surface area contributed by atoms with Crippen molar-refractivity contribution in [2.24, 2.45) is 0 Å². The Morgan fingerprint density at radius 2 is 1.79 bits per heavy atom. The molecule has 2 rings (SSSR count). The lowest BCUT2D eigenvalue weighted by Crippen LogP contribution is -2.28. The van der Waals surface area contributed by atoms with E-state index in [9.17, 15) is 18.0 Å². The summed E-state index contributed by atoms with van der Waals surface area (Å²) in [5.41, 5.74) is 2.18. The molecule has 0 fully saturated rings. The molecule has 2 aromatic carbocycles. The second kappa shape index (κ2) is 9.82. The van der Waals surface area contributed by atoms with Gasteiger partial charge in [0.15, 0.2) is 6.61 Å². The van der Waals surface area contributed by atoms with Crippen LogP contribution in [-0.4, -0.2) is 33.4 Å². The Hall–Kier alpha value is -2.97. The summed E-state index contributed by atoms with van der Waals surface area (Å²) in [6.45, 7) is 5.40. The molecule has 28 heavy (non-hydrogen) atoms. The molecule has 0 unspecified atom stereocenters. The zero-order chi connectivity index (χ0) is 20.6. The molecule has 1 amide bonds. The maximum atomic E-state index is 12.0. The van der Waals surface area contributed by atoms with Crippen molar-refractivity contribution in [2.75, 3.05) is 13.2 Å². The van der Waals surface area contributed by atoms with Crippen LogP contribution >= 0.6 is 0 Å². The number of ether oxygens (including phenoxy) is 1. The zero-order valence-electron chi connectivity index (χ0n) is 15.5. The van der Waals surface area contributed by atoms with Crippen molar-refractivity contribution in [3.8, 4) is 0 Å². The predicted octanol–water partition coefficient (Wildman–Crippen LogP) is 1.93. The van der Waals surface area contributed by atoms with Crippen LogP contribution in [0.3, 0.4) is 0 Å². The second-order valence-electron chi connectivity index (χ2n) is 5.94. The van der Waals surface area contributed by atoms with Gasteiger partial charge in [-0.25, -0.2) is 17.9 Å². The Morgan fingerprint density at radius 3 is 2.43 bits per heavy atom. The van der Waals surface area contributed by atoms with Gasteiger partial charge in [-0.15, -0.1) is 6.58 Å². The minimum absolute atomic E-state index is 0.0156. The molecule has 2 N–H and O–H groups in total. The van der Waals surface area contributed by atoms with Gasteiger partial charge in [0.1, 0.15) is 0 Å². The minimum atomic E-state index is -3.67. The van der Waals surface area contributed by atoms with Gasteiger partial charge in [0.25, 0.3) is 5.91 Å². The lowest BCUT2D eigenvalue weighted by molar-refractivity contribution is -0.124. The first kappa shape index (κ1) is 21.3. The maximum Gasteiger partial charge on any atom is 0.338 e. The molecule has 0 aliphatic carbocycles. The maximum absolute atomic E-state index is 12.0. The third kappa shape index (κ3) is 6.04. The van der Waals surface area contributed by atoms with Crippen molar-refractivity contribution in [1.82, 2.24) is 10.0 Å². The first-order valence-corrected chi connectivity index (χ1v) is 10.0. The highest BCUT2D eigenvalue weighted by molar-refractivity contribution is 7.89. The Balaban J connectivity index is 1.86. The van der Waals surface area contributed by atoms with E-state index >= 15 is 0 Å². The van der Waals surface area contributed by atoms with E-state index in [2.05, 4.69) is 16.6 Å². The van der Waals surface area contributed by atoms with Crippen molar-refractivity contribution < 1.29 is 22.7 Å². The summed E-state index contributed by atoms with van der Waals surface area (Å²) in [6, 6.07) is 12.9. The van der Waals surface area contributed by atoms with Crippen LogP contribution in [-0.2, 0) is 26.1 Å². The molecule has 0 radical (unpaired) electrons. The zero-order valence-corrected chi connectivity index (χ0v) is 16.3. The molecule has 0 bridgehead atoms. The molecule has 0 saturated heterocycles. The van der Waals surface area contributed by atoms with Crippen LogP contribution in [0.15, 0.2) is 66.1 Å². The van der Waals surface area contributed by atoms with Gasteiger partial charge in [-0.2, -0.15) is 0 Å². The van der Waals surface area contributed by atoms with Crippen molar-refractivity contribution in [1.29, 1.82) is 0 Å².